The summed E-state index contributed by atoms with van der Waals surface area (Å²) in [6.45, 7) is 1.06. The molecule has 1 amide bonds. The lowest BCUT2D eigenvalue weighted by Gasteiger charge is -2.25. The number of methoxy groups -OCH3 is 2. The van der Waals surface area contributed by atoms with Gasteiger partial charge >= 0.3 is 6.09 Å². The number of carbonyl (C=O) groups excluding carboxylic acids is 2. The van der Waals surface area contributed by atoms with Crippen LogP contribution in [-0.2, 0) is 22.4 Å². The number of nitrogens with one attached hydrogen (secondary N) is 1. The van der Waals surface area contributed by atoms with Gasteiger partial charge in [0.05, 0.1) is 38.7 Å². The van der Waals surface area contributed by atoms with Gasteiger partial charge in [0, 0.05) is 36.5 Å². The van der Waals surface area contributed by atoms with Crippen molar-refractivity contribution in [1.82, 2.24) is 14.9 Å². The number of ketones is 1. The number of hydrogen-bond donors (Lipinski definition) is 1. The minimum atomic E-state index is -0.530. The lowest BCUT2D eigenvalue weighted by Crippen LogP contribution is -2.39. The molecule has 1 N–H and O–H groups in total. The second kappa shape index (κ2) is 9.65. The van der Waals surface area contributed by atoms with Crippen LogP contribution in [0.25, 0.3) is 11.3 Å². The number of aromatic nitrogens is 2. The third-order valence-corrected chi connectivity index (χ3v) is 5.40. The predicted octanol–water partition coefficient (Wildman–Crippen LogP) is 3.46. The first-order chi connectivity index (χ1) is 15.6. The van der Waals surface area contributed by atoms with Crippen LogP contribution in [-0.4, -0.2) is 60.7 Å². The second-order valence-corrected chi connectivity index (χ2v) is 7.46. The van der Waals surface area contributed by atoms with Gasteiger partial charge in [-0.25, -0.2) is 4.79 Å². The molecule has 2 aromatic heterocycles. The van der Waals surface area contributed by atoms with E-state index in [-0.39, 0.29) is 18.9 Å². The largest absolute Gasteiger partial charge is 0.489 e. The van der Waals surface area contributed by atoms with Crippen molar-refractivity contribution < 1.29 is 23.8 Å². The van der Waals surface area contributed by atoms with Gasteiger partial charge in [-0.15, -0.1) is 0 Å². The molecule has 0 saturated carbocycles. The van der Waals surface area contributed by atoms with Crippen molar-refractivity contribution in [3.63, 3.8) is 0 Å². The van der Waals surface area contributed by atoms with Crippen molar-refractivity contribution in [3.05, 3.63) is 71.2 Å². The maximum absolute atomic E-state index is 13.1. The van der Waals surface area contributed by atoms with Gasteiger partial charge in [-0.1, -0.05) is 30.3 Å². The van der Waals surface area contributed by atoms with Gasteiger partial charge in [-0.2, -0.15) is 0 Å². The average Bonchev–Trinajstić information content (AvgIpc) is 3.18. The average molecular weight is 435 g/mol. The summed E-state index contributed by atoms with van der Waals surface area (Å²) in [4.78, 5) is 34.2. The Labute approximate surface area is 186 Å². The van der Waals surface area contributed by atoms with Crippen LogP contribution in [0, 0.1) is 0 Å². The molecule has 1 aromatic carbocycles. The lowest BCUT2D eigenvalue weighted by atomic mass is 9.93. The number of ether oxygens (including phenoxy) is 3. The Morgan fingerprint density at radius 2 is 1.94 bits per heavy atom. The fraction of sp³-hybridized carbons (Fsp3) is 0.292. The van der Waals surface area contributed by atoms with E-state index in [1.54, 1.807) is 19.5 Å². The summed E-state index contributed by atoms with van der Waals surface area (Å²) in [5.41, 5.74) is 4.86. The number of fused-ring (bicyclic) bond motifs is 1. The Balaban J connectivity index is 1.81. The van der Waals surface area contributed by atoms with Gasteiger partial charge in [0.25, 0.3) is 0 Å². The van der Waals surface area contributed by atoms with Gasteiger partial charge in [0.2, 0.25) is 0 Å². The molecule has 4 rings (SSSR count). The summed E-state index contributed by atoms with van der Waals surface area (Å²) < 4.78 is 15.8. The fourth-order valence-corrected chi connectivity index (χ4v) is 3.95. The smallest absolute Gasteiger partial charge is 0.410 e. The molecule has 1 aliphatic rings. The molecule has 0 radical (unpaired) electrons. The first-order valence-corrected chi connectivity index (χ1v) is 10.3. The van der Waals surface area contributed by atoms with Crippen molar-refractivity contribution in [2.24, 2.45) is 0 Å². The maximum atomic E-state index is 13.1. The SMILES string of the molecule is COCCOc1cnccc1-c1[nH]c2c(c1Cc1ccccc1)C(=O)CN(C(=O)OC)C2. The zero-order chi connectivity index (χ0) is 22.5. The highest BCUT2D eigenvalue weighted by Gasteiger charge is 2.33. The summed E-state index contributed by atoms with van der Waals surface area (Å²) in [6.07, 6.45) is 3.37. The number of nitrogens with zero attached hydrogens (tertiary/aromatic N) is 2. The molecular weight excluding hydrogens is 410 g/mol. The van der Waals surface area contributed by atoms with E-state index < -0.39 is 6.09 Å². The highest BCUT2D eigenvalue weighted by molar-refractivity contribution is 6.04. The number of benzene rings is 1. The minimum absolute atomic E-state index is 0.0215. The standard InChI is InChI=1S/C24H25N3O5/c1-30-10-11-32-21-13-25-9-8-17(21)23-18(12-16-6-4-3-5-7-16)22-19(26-23)14-27(15-20(22)28)24(29)31-2/h3-9,13,26H,10-12,14-15H2,1-2H3. The zero-order valence-corrected chi connectivity index (χ0v) is 18.1. The first kappa shape index (κ1) is 21.6. The van der Waals surface area contributed by atoms with Crippen LogP contribution >= 0.6 is 0 Å². The van der Waals surface area contributed by atoms with E-state index in [0.29, 0.717) is 36.6 Å². The molecule has 0 fully saturated rings. The van der Waals surface area contributed by atoms with Crippen LogP contribution in [0.2, 0.25) is 0 Å². The monoisotopic (exact) mass is 435 g/mol. The Bertz CT molecular complexity index is 1110. The van der Waals surface area contributed by atoms with Gasteiger partial charge in [0.15, 0.2) is 5.78 Å². The molecule has 1 aliphatic heterocycles. The molecule has 32 heavy (non-hydrogen) atoms. The summed E-state index contributed by atoms with van der Waals surface area (Å²) in [5.74, 6) is 0.468. The van der Waals surface area contributed by atoms with E-state index in [0.717, 1.165) is 22.4 Å². The van der Waals surface area contributed by atoms with Crippen LogP contribution in [0.5, 0.6) is 5.75 Å². The molecule has 166 valence electrons. The zero-order valence-electron chi connectivity index (χ0n) is 18.1. The topological polar surface area (TPSA) is 93.8 Å². The van der Waals surface area contributed by atoms with E-state index in [1.807, 2.05) is 36.4 Å². The van der Waals surface area contributed by atoms with E-state index >= 15 is 0 Å². The summed E-state index contributed by atoms with van der Waals surface area (Å²) in [5, 5.41) is 0. The minimum Gasteiger partial charge on any atom is -0.489 e. The number of rotatable bonds is 7. The third-order valence-electron chi connectivity index (χ3n) is 5.40. The number of pyridine rings is 1. The fourth-order valence-electron chi connectivity index (χ4n) is 3.95. The molecule has 0 spiro atoms. The number of carbonyl (C=O) groups is 2. The molecule has 0 saturated heterocycles. The molecule has 0 aliphatic carbocycles. The molecule has 0 atom stereocenters. The molecule has 8 heteroatoms. The van der Waals surface area contributed by atoms with E-state index in [9.17, 15) is 9.59 Å². The van der Waals surface area contributed by atoms with Crippen LogP contribution in [0.3, 0.4) is 0 Å². The highest BCUT2D eigenvalue weighted by atomic mass is 16.5. The Hall–Kier alpha value is -3.65. The molecular formula is C24H25N3O5. The van der Waals surface area contributed by atoms with Crippen molar-refractivity contribution in [3.8, 4) is 17.0 Å². The number of H-pyrrole nitrogens is 1. The van der Waals surface area contributed by atoms with E-state index in [2.05, 4.69) is 9.97 Å². The van der Waals surface area contributed by atoms with Crippen LogP contribution in [0.15, 0.2) is 48.8 Å². The van der Waals surface area contributed by atoms with Gasteiger partial charge in [0.1, 0.15) is 12.4 Å². The normalized spacial score (nSPS) is 13.1. The molecule has 3 aromatic rings. The summed E-state index contributed by atoms with van der Waals surface area (Å²) in [7, 11) is 2.92. The third kappa shape index (κ3) is 4.36. The first-order valence-electron chi connectivity index (χ1n) is 10.3. The van der Waals surface area contributed by atoms with E-state index in [4.69, 9.17) is 14.2 Å². The van der Waals surface area contributed by atoms with Gasteiger partial charge < -0.3 is 19.2 Å². The van der Waals surface area contributed by atoms with E-state index in [1.165, 1.54) is 12.0 Å². The summed E-state index contributed by atoms with van der Waals surface area (Å²) in [6, 6.07) is 11.8. The highest BCUT2D eigenvalue weighted by Crippen LogP contribution is 2.37. The number of hydrogen-bond acceptors (Lipinski definition) is 6. The maximum Gasteiger partial charge on any atom is 0.410 e. The summed E-state index contributed by atoms with van der Waals surface area (Å²) >= 11 is 0. The Morgan fingerprint density at radius 3 is 2.69 bits per heavy atom. The Morgan fingerprint density at radius 1 is 1.12 bits per heavy atom. The van der Waals surface area contributed by atoms with Crippen molar-refractivity contribution >= 4 is 11.9 Å². The van der Waals surface area contributed by atoms with Gasteiger partial charge in [-0.05, 0) is 17.2 Å². The predicted molar refractivity (Wildman–Crippen MR) is 118 cm³/mol. The quantitative estimate of drug-likeness (QED) is 0.572. The number of aromatic amines is 1. The Kier molecular flexibility index (Phi) is 6.51. The second-order valence-electron chi connectivity index (χ2n) is 7.46. The van der Waals surface area contributed by atoms with Crippen LogP contribution in [0.4, 0.5) is 4.79 Å². The number of Topliss-reactive ketones (excluding diaryl/α,β-unsaturated/α-hetero) is 1. The lowest BCUT2D eigenvalue weighted by molar-refractivity contribution is 0.0838. The van der Waals surface area contributed by atoms with Crippen molar-refractivity contribution in [1.29, 1.82) is 0 Å². The molecule has 3 heterocycles. The van der Waals surface area contributed by atoms with Gasteiger partial charge in [-0.3, -0.25) is 14.7 Å². The molecule has 0 unspecified atom stereocenters. The van der Waals surface area contributed by atoms with Crippen molar-refractivity contribution in [2.75, 3.05) is 34.0 Å². The van der Waals surface area contributed by atoms with Crippen LogP contribution in [0.1, 0.15) is 27.2 Å². The molecule has 0 bridgehead atoms. The van der Waals surface area contributed by atoms with Crippen LogP contribution < -0.4 is 4.74 Å². The van der Waals surface area contributed by atoms with Crippen molar-refractivity contribution in [2.45, 2.75) is 13.0 Å². The number of amides is 1. The molecule has 8 nitrogen and oxygen atoms in total.